The van der Waals surface area contributed by atoms with E-state index in [1.807, 2.05) is 12.1 Å². The van der Waals surface area contributed by atoms with Crippen LogP contribution in [-0.2, 0) is 16.1 Å². The first-order valence-electron chi connectivity index (χ1n) is 8.67. The molecule has 140 valence electrons. The topological polar surface area (TPSA) is 99.8 Å². The fourth-order valence-electron chi connectivity index (χ4n) is 3.06. The smallest absolute Gasteiger partial charge is 0.407 e. The molecule has 4 amide bonds. The predicted octanol–water partition coefficient (Wildman–Crippen LogP) is 1.82. The van der Waals surface area contributed by atoms with Crippen LogP contribution in [0.1, 0.15) is 32.8 Å². The Bertz CT molecular complexity index is 711. The molecule has 2 aliphatic heterocycles. The number of β-lactam (4-membered cyclic amide) rings is 1. The third-order valence-corrected chi connectivity index (χ3v) is 4.30. The van der Waals surface area contributed by atoms with Crippen LogP contribution in [0.25, 0.3) is 0 Å². The highest BCUT2D eigenvalue weighted by Gasteiger charge is 2.49. The second-order valence-electron chi connectivity index (χ2n) is 7.52. The molecule has 26 heavy (non-hydrogen) atoms. The Balaban J connectivity index is 1.49. The Kier molecular flexibility index (Phi) is 4.76. The van der Waals surface area contributed by atoms with Crippen LogP contribution in [0, 0.1) is 0 Å². The largest absolute Gasteiger partial charge is 0.444 e. The third kappa shape index (κ3) is 4.07. The molecule has 0 saturated carbocycles. The summed E-state index contributed by atoms with van der Waals surface area (Å²) in [7, 11) is 0. The average molecular weight is 360 g/mol. The summed E-state index contributed by atoms with van der Waals surface area (Å²) >= 11 is 0. The highest BCUT2D eigenvalue weighted by molar-refractivity contribution is 5.97. The van der Waals surface area contributed by atoms with Gasteiger partial charge in [0.05, 0.1) is 6.04 Å². The minimum absolute atomic E-state index is 0.0915. The van der Waals surface area contributed by atoms with E-state index in [2.05, 4.69) is 16.0 Å². The Morgan fingerprint density at radius 2 is 1.96 bits per heavy atom. The number of carbonyl (C=O) groups is 3. The number of alkyl carbamates (subject to hydrolysis) is 1. The van der Waals surface area contributed by atoms with Gasteiger partial charge in [0.1, 0.15) is 11.6 Å². The molecule has 3 N–H and O–H groups in total. The van der Waals surface area contributed by atoms with Crippen LogP contribution in [0.15, 0.2) is 24.3 Å². The van der Waals surface area contributed by atoms with E-state index in [0.29, 0.717) is 18.8 Å². The van der Waals surface area contributed by atoms with Crippen molar-refractivity contribution in [2.45, 2.75) is 51.4 Å². The summed E-state index contributed by atoms with van der Waals surface area (Å²) in [6.45, 7) is 6.32. The van der Waals surface area contributed by atoms with Crippen LogP contribution in [0.4, 0.5) is 15.3 Å². The van der Waals surface area contributed by atoms with Gasteiger partial charge < -0.3 is 25.6 Å². The number of hydrogen-bond acceptors (Lipinski definition) is 4. The minimum Gasteiger partial charge on any atom is -0.444 e. The minimum atomic E-state index is -0.538. The number of urea groups is 1. The lowest BCUT2D eigenvalue weighted by Gasteiger charge is -2.35. The molecular formula is C18H24N4O4. The molecule has 0 spiro atoms. The first-order valence-corrected chi connectivity index (χ1v) is 8.67. The number of anilines is 1. The lowest BCUT2D eigenvalue weighted by molar-refractivity contribution is -0.132. The van der Waals surface area contributed by atoms with E-state index in [9.17, 15) is 14.4 Å². The molecule has 2 aliphatic rings. The van der Waals surface area contributed by atoms with Crippen LogP contribution >= 0.6 is 0 Å². The Hall–Kier alpha value is -2.77. The van der Waals surface area contributed by atoms with Gasteiger partial charge in [0.2, 0.25) is 5.91 Å². The lowest BCUT2D eigenvalue weighted by atomic mass is 10.0. The molecule has 3 rings (SSSR count). The average Bonchev–Trinajstić information content (AvgIpc) is 2.89. The molecule has 1 aromatic rings. The summed E-state index contributed by atoms with van der Waals surface area (Å²) in [5.74, 6) is -0.0915. The van der Waals surface area contributed by atoms with Crippen molar-refractivity contribution in [1.29, 1.82) is 0 Å². The molecule has 2 fully saturated rings. The number of amides is 4. The van der Waals surface area contributed by atoms with Crippen molar-refractivity contribution in [2.75, 3.05) is 11.9 Å². The van der Waals surface area contributed by atoms with Gasteiger partial charge in [-0.1, -0.05) is 12.1 Å². The highest BCUT2D eigenvalue weighted by atomic mass is 16.6. The van der Waals surface area contributed by atoms with E-state index in [4.69, 9.17) is 4.74 Å². The van der Waals surface area contributed by atoms with E-state index in [-0.39, 0.29) is 24.0 Å². The van der Waals surface area contributed by atoms with Gasteiger partial charge in [-0.25, -0.2) is 9.59 Å². The summed E-state index contributed by atoms with van der Waals surface area (Å²) in [6.07, 6.45) is 0.316. The number of hydrogen-bond donors (Lipinski definition) is 3. The van der Waals surface area contributed by atoms with Crippen molar-refractivity contribution in [2.24, 2.45) is 0 Å². The van der Waals surface area contributed by atoms with Crippen LogP contribution in [0.2, 0.25) is 0 Å². The molecule has 0 radical (unpaired) electrons. The van der Waals surface area contributed by atoms with Gasteiger partial charge in [0, 0.05) is 18.8 Å². The summed E-state index contributed by atoms with van der Waals surface area (Å²) < 4.78 is 5.18. The summed E-state index contributed by atoms with van der Waals surface area (Å²) in [4.78, 5) is 37.1. The Labute approximate surface area is 152 Å². The second kappa shape index (κ2) is 6.86. The molecule has 0 aromatic heterocycles. The molecule has 8 nitrogen and oxygen atoms in total. The van der Waals surface area contributed by atoms with Gasteiger partial charge >= 0.3 is 12.1 Å². The quantitative estimate of drug-likeness (QED) is 0.716. The number of fused-ring (bicyclic) bond motifs is 1. The standard InChI is InChI=1S/C18H24N4O4/c1-18(2,3)26-17(25)19-10-11-4-6-12(7-5-11)20-16(24)22-9-8-13-14(22)15(23)21-13/h4-7,13-14H,8-10H2,1-3H3,(H,19,25)(H,20,24)(H,21,23)/t13-,14?/m1/s1. The molecule has 1 aromatic carbocycles. The zero-order valence-corrected chi connectivity index (χ0v) is 15.2. The van der Waals surface area contributed by atoms with Crippen molar-refractivity contribution in [3.05, 3.63) is 29.8 Å². The van der Waals surface area contributed by atoms with E-state index in [1.165, 1.54) is 0 Å². The van der Waals surface area contributed by atoms with Gasteiger partial charge in [0.15, 0.2) is 0 Å². The molecule has 0 aliphatic carbocycles. The van der Waals surface area contributed by atoms with Crippen LogP contribution in [0.5, 0.6) is 0 Å². The van der Waals surface area contributed by atoms with Crippen molar-refractivity contribution in [1.82, 2.24) is 15.5 Å². The van der Waals surface area contributed by atoms with Crippen molar-refractivity contribution < 1.29 is 19.1 Å². The maximum Gasteiger partial charge on any atom is 0.407 e. The Morgan fingerprint density at radius 3 is 2.58 bits per heavy atom. The van der Waals surface area contributed by atoms with E-state index < -0.39 is 11.7 Å². The van der Waals surface area contributed by atoms with Crippen molar-refractivity contribution >= 4 is 23.7 Å². The summed E-state index contributed by atoms with van der Waals surface area (Å²) in [5.41, 5.74) is 0.983. The fraction of sp³-hybridized carbons (Fsp3) is 0.500. The summed E-state index contributed by atoms with van der Waals surface area (Å²) in [6, 6.07) is 6.64. The monoisotopic (exact) mass is 360 g/mol. The summed E-state index contributed by atoms with van der Waals surface area (Å²) in [5, 5.41) is 8.28. The van der Waals surface area contributed by atoms with Crippen LogP contribution in [-0.4, -0.2) is 47.2 Å². The first-order chi connectivity index (χ1) is 12.2. The molecule has 2 atom stereocenters. The zero-order chi connectivity index (χ0) is 18.9. The zero-order valence-electron chi connectivity index (χ0n) is 15.2. The van der Waals surface area contributed by atoms with Gasteiger partial charge in [-0.15, -0.1) is 0 Å². The molecular weight excluding hydrogens is 336 g/mol. The molecule has 0 bridgehead atoms. The lowest BCUT2D eigenvalue weighted by Crippen LogP contribution is -2.65. The van der Waals surface area contributed by atoms with E-state index >= 15 is 0 Å². The predicted molar refractivity (Wildman–Crippen MR) is 95.6 cm³/mol. The van der Waals surface area contributed by atoms with E-state index in [1.54, 1.807) is 37.8 Å². The number of nitrogens with one attached hydrogen (secondary N) is 3. The van der Waals surface area contributed by atoms with Gasteiger partial charge in [-0.2, -0.15) is 0 Å². The van der Waals surface area contributed by atoms with Crippen molar-refractivity contribution in [3.8, 4) is 0 Å². The van der Waals surface area contributed by atoms with Crippen LogP contribution in [0.3, 0.4) is 0 Å². The maximum absolute atomic E-state index is 12.3. The molecule has 2 saturated heterocycles. The number of nitrogens with zero attached hydrogens (tertiary/aromatic N) is 1. The number of rotatable bonds is 3. The number of ether oxygens (including phenoxy) is 1. The fourth-order valence-corrected chi connectivity index (χ4v) is 3.06. The number of carbonyl (C=O) groups excluding carboxylic acids is 3. The van der Waals surface area contributed by atoms with Gasteiger partial charge in [-0.05, 0) is 44.9 Å². The molecule has 2 heterocycles. The number of benzene rings is 1. The van der Waals surface area contributed by atoms with Crippen molar-refractivity contribution in [3.63, 3.8) is 0 Å². The normalized spacial score (nSPS) is 21.3. The van der Waals surface area contributed by atoms with E-state index in [0.717, 1.165) is 12.0 Å². The first kappa shape index (κ1) is 18.0. The Morgan fingerprint density at radius 1 is 1.27 bits per heavy atom. The second-order valence-corrected chi connectivity index (χ2v) is 7.52. The van der Waals surface area contributed by atoms with Crippen LogP contribution < -0.4 is 16.0 Å². The highest BCUT2D eigenvalue weighted by Crippen LogP contribution is 2.26. The third-order valence-electron chi connectivity index (χ3n) is 4.30. The van der Waals surface area contributed by atoms with Gasteiger partial charge in [-0.3, -0.25) is 4.79 Å². The van der Waals surface area contributed by atoms with Gasteiger partial charge in [0.25, 0.3) is 0 Å². The molecule has 1 unspecified atom stereocenters. The SMILES string of the molecule is CC(C)(C)OC(=O)NCc1ccc(NC(=O)N2CC[C@H]3NC(=O)C32)cc1. The number of likely N-dealkylation sites (tertiary alicyclic amines) is 1. The maximum atomic E-state index is 12.3. The molecule has 8 heteroatoms.